The zero-order valence-electron chi connectivity index (χ0n) is 17.1. The van der Waals surface area contributed by atoms with Crippen LogP contribution in [0.2, 0.25) is 0 Å². The van der Waals surface area contributed by atoms with E-state index in [1.165, 1.54) is 36.4 Å². The van der Waals surface area contributed by atoms with Crippen molar-refractivity contribution in [3.05, 3.63) is 103 Å². The fourth-order valence-electron chi connectivity index (χ4n) is 3.76. The second-order valence-corrected chi connectivity index (χ2v) is 14.6. The van der Waals surface area contributed by atoms with Crippen molar-refractivity contribution in [2.24, 2.45) is 0 Å². The van der Waals surface area contributed by atoms with Crippen molar-refractivity contribution in [3.63, 3.8) is 0 Å². The molecule has 0 atom stereocenters. The molecular formula is C24H18F6O2Zr. The summed E-state index contributed by atoms with van der Waals surface area (Å²) in [4.78, 5) is 0. The van der Waals surface area contributed by atoms with E-state index in [2.05, 4.69) is 0 Å². The molecular weight excluding hydrogens is 525 g/mol. The van der Waals surface area contributed by atoms with Crippen molar-refractivity contribution in [3.8, 4) is 11.5 Å². The summed E-state index contributed by atoms with van der Waals surface area (Å²) >= 11 is -5.07. The molecule has 0 fully saturated rings. The third-order valence-corrected chi connectivity index (χ3v) is 13.8. The first-order valence-electron chi connectivity index (χ1n) is 10.0. The first-order valence-corrected chi connectivity index (χ1v) is 14.5. The molecule has 0 bridgehead atoms. The standard InChI is InChI=1S/2C7H5F3O.2C5H5.Zr/c2*8-7(9,10)5-3-1-2-4-6(5)11;2*1-2-4-5-3-1;/h2*1-4,11H;2*1-3H,4H2;/q;;;;+2/p-2. The van der Waals surface area contributed by atoms with Crippen LogP contribution in [0.5, 0.6) is 11.5 Å². The predicted molar refractivity (Wildman–Crippen MR) is 108 cm³/mol. The van der Waals surface area contributed by atoms with Gasteiger partial charge in [0, 0.05) is 0 Å². The Bertz CT molecular complexity index is 1070. The topological polar surface area (TPSA) is 18.5 Å². The van der Waals surface area contributed by atoms with E-state index < -0.39 is 56.1 Å². The van der Waals surface area contributed by atoms with Crippen molar-refractivity contribution < 1.29 is 53.1 Å². The van der Waals surface area contributed by atoms with Gasteiger partial charge in [0.05, 0.1) is 0 Å². The van der Waals surface area contributed by atoms with Gasteiger partial charge in [-0.15, -0.1) is 0 Å². The molecule has 0 unspecified atom stereocenters. The van der Waals surface area contributed by atoms with E-state index in [1.807, 2.05) is 0 Å². The Labute approximate surface area is 192 Å². The van der Waals surface area contributed by atoms with Crippen molar-refractivity contribution in [2.45, 2.75) is 25.2 Å². The second kappa shape index (κ2) is 9.01. The molecule has 33 heavy (non-hydrogen) atoms. The van der Waals surface area contributed by atoms with Crippen LogP contribution < -0.4 is 5.63 Å². The molecule has 2 aliphatic carbocycles. The Morgan fingerprint density at radius 3 is 1.33 bits per heavy atom. The van der Waals surface area contributed by atoms with Crippen LogP contribution in [-0.2, 0) is 33.5 Å². The number of para-hydroxylation sites is 2. The monoisotopic (exact) mass is 542 g/mol. The molecule has 172 valence electrons. The minimum atomic E-state index is -5.07. The van der Waals surface area contributed by atoms with E-state index in [0.717, 1.165) is 12.1 Å². The zero-order chi connectivity index (χ0) is 23.7. The molecule has 0 amide bonds. The molecule has 2 aromatic rings. The van der Waals surface area contributed by atoms with Gasteiger partial charge in [0.25, 0.3) is 0 Å². The van der Waals surface area contributed by atoms with Gasteiger partial charge < -0.3 is 0 Å². The van der Waals surface area contributed by atoms with Crippen LogP contribution in [0, 0.1) is 0 Å². The summed E-state index contributed by atoms with van der Waals surface area (Å²) in [5, 5.41) is 0. The molecule has 0 saturated heterocycles. The Morgan fingerprint density at radius 2 is 1.00 bits per heavy atom. The summed E-state index contributed by atoms with van der Waals surface area (Å²) in [6.45, 7) is 0. The van der Waals surface area contributed by atoms with Crippen LogP contribution in [0.1, 0.15) is 24.0 Å². The van der Waals surface area contributed by atoms with E-state index in [4.69, 9.17) is 5.63 Å². The second-order valence-electron chi connectivity index (χ2n) is 7.46. The Hall–Kier alpha value is -2.54. The van der Waals surface area contributed by atoms with Gasteiger partial charge in [0.1, 0.15) is 0 Å². The van der Waals surface area contributed by atoms with E-state index in [9.17, 15) is 26.3 Å². The Morgan fingerprint density at radius 1 is 0.606 bits per heavy atom. The van der Waals surface area contributed by atoms with Crippen LogP contribution >= 0.6 is 0 Å². The molecule has 9 heteroatoms. The van der Waals surface area contributed by atoms with Gasteiger partial charge in [-0.2, -0.15) is 0 Å². The summed E-state index contributed by atoms with van der Waals surface area (Å²) in [6.07, 6.45) is 1.59. The van der Waals surface area contributed by atoms with Gasteiger partial charge in [0.2, 0.25) is 0 Å². The summed E-state index contributed by atoms with van der Waals surface area (Å²) in [5.41, 5.74) is -2.01. The fraction of sp³-hybridized carbons (Fsp3) is 0.167. The molecule has 0 saturated carbocycles. The number of allylic oxidation sites excluding steroid dienone is 8. The maximum atomic E-state index is 13.7. The molecule has 2 nitrogen and oxygen atoms in total. The summed E-state index contributed by atoms with van der Waals surface area (Å²) < 4.78 is 95.9. The van der Waals surface area contributed by atoms with Crippen molar-refractivity contribution in [2.75, 3.05) is 0 Å². The molecule has 0 radical (unpaired) electrons. The Balaban J connectivity index is 1.89. The first kappa shape index (κ1) is 23.6. The average molecular weight is 544 g/mol. The zero-order valence-corrected chi connectivity index (χ0v) is 19.5. The quantitative estimate of drug-likeness (QED) is 0.346. The van der Waals surface area contributed by atoms with Crippen molar-refractivity contribution in [1.82, 2.24) is 0 Å². The summed E-state index contributed by atoms with van der Waals surface area (Å²) in [6, 6.07) is 9.40. The van der Waals surface area contributed by atoms with Gasteiger partial charge in [-0.3, -0.25) is 0 Å². The normalized spacial score (nSPS) is 16.1. The first-order chi connectivity index (χ1) is 15.6. The van der Waals surface area contributed by atoms with E-state index in [0.29, 0.717) is 19.4 Å². The number of hydrogen-bond acceptors (Lipinski definition) is 2. The van der Waals surface area contributed by atoms with Gasteiger partial charge >= 0.3 is 192 Å². The predicted octanol–water partition coefficient (Wildman–Crippen LogP) is 7.85. The van der Waals surface area contributed by atoms with Gasteiger partial charge in [0.15, 0.2) is 0 Å². The third-order valence-electron chi connectivity index (χ3n) is 5.28. The molecule has 2 aliphatic rings. The van der Waals surface area contributed by atoms with Crippen LogP contribution in [0.3, 0.4) is 0 Å². The number of halogens is 6. The van der Waals surface area contributed by atoms with Gasteiger partial charge in [-0.25, -0.2) is 0 Å². The van der Waals surface area contributed by atoms with Gasteiger partial charge in [-0.1, -0.05) is 0 Å². The molecule has 0 spiro atoms. The van der Waals surface area contributed by atoms with Crippen LogP contribution in [0.15, 0.2) is 91.5 Å². The third kappa shape index (κ3) is 4.88. The van der Waals surface area contributed by atoms with Crippen LogP contribution in [0.4, 0.5) is 26.3 Å². The number of alkyl halides is 6. The molecule has 2 aromatic carbocycles. The minimum absolute atomic E-state index is 0.329. The molecule has 0 aliphatic heterocycles. The molecule has 0 aromatic heterocycles. The maximum absolute atomic E-state index is 13.7. The van der Waals surface area contributed by atoms with Crippen LogP contribution in [0.25, 0.3) is 0 Å². The average Bonchev–Trinajstić information content (AvgIpc) is 3.47. The number of hydrogen-bond donors (Lipinski definition) is 0. The SMILES string of the molecule is FC(F)(F)c1ccccc1[O][Zr]([O]c1ccccc1C(F)(F)F)([C]1=CC=CC1)[C]1=CC=CC1. The van der Waals surface area contributed by atoms with Crippen LogP contribution in [-0.4, -0.2) is 0 Å². The fourth-order valence-corrected chi connectivity index (χ4v) is 12.0. The Kier molecular flexibility index (Phi) is 6.45. The van der Waals surface area contributed by atoms with E-state index in [1.54, 1.807) is 36.5 Å². The molecule has 4 rings (SSSR count). The number of rotatable bonds is 6. The van der Waals surface area contributed by atoms with E-state index in [-0.39, 0.29) is 0 Å². The van der Waals surface area contributed by atoms with Crippen molar-refractivity contribution >= 4 is 0 Å². The van der Waals surface area contributed by atoms with Crippen molar-refractivity contribution in [1.29, 1.82) is 0 Å². The van der Waals surface area contributed by atoms with Gasteiger partial charge in [-0.05, 0) is 0 Å². The number of benzene rings is 2. The molecule has 0 N–H and O–H groups in total. The van der Waals surface area contributed by atoms with E-state index >= 15 is 0 Å². The summed E-state index contributed by atoms with van der Waals surface area (Å²) in [5.74, 6) is -0.906. The summed E-state index contributed by atoms with van der Waals surface area (Å²) in [7, 11) is 0. The molecule has 0 heterocycles.